The fourth-order valence-corrected chi connectivity index (χ4v) is 2.78. The molecule has 1 unspecified atom stereocenters. The lowest BCUT2D eigenvalue weighted by atomic mass is 9.95. The number of morpholine rings is 1. The van der Waals surface area contributed by atoms with Gasteiger partial charge >= 0.3 is 0 Å². The number of rotatable bonds is 1. The molecule has 0 radical (unpaired) electrons. The van der Waals surface area contributed by atoms with Crippen molar-refractivity contribution in [2.75, 3.05) is 19.7 Å². The summed E-state index contributed by atoms with van der Waals surface area (Å²) >= 11 is 0. The van der Waals surface area contributed by atoms with Crippen molar-refractivity contribution >= 4 is 5.91 Å². The molecule has 0 saturated carbocycles. The average Bonchev–Trinajstić information content (AvgIpc) is 2.53. The Balaban J connectivity index is 1.68. The van der Waals surface area contributed by atoms with Gasteiger partial charge in [0.05, 0.1) is 25.3 Å². The van der Waals surface area contributed by atoms with Crippen molar-refractivity contribution < 1.29 is 9.53 Å². The van der Waals surface area contributed by atoms with Crippen molar-refractivity contribution in [3.63, 3.8) is 0 Å². The zero-order valence-corrected chi connectivity index (χ0v) is 11.2. The van der Waals surface area contributed by atoms with Gasteiger partial charge in [-0.2, -0.15) is 5.26 Å². The fourth-order valence-electron chi connectivity index (χ4n) is 2.78. The summed E-state index contributed by atoms with van der Waals surface area (Å²) in [5, 5.41) is 12.2. The number of carbonyl (C=O) groups is 1. The zero-order chi connectivity index (χ0) is 13.9. The predicted octanol–water partition coefficient (Wildman–Crippen LogP) is 0.452. The van der Waals surface area contributed by atoms with Gasteiger partial charge in [0.25, 0.3) is 0 Å². The number of amides is 1. The Bertz CT molecular complexity index is 552. The van der Waals surface area contributed by atoms with Crippen LogP contribution in [0.1, 0.15) is 11.1 Å². The summed E-state index contributed by atoms with van der Waals surface area (Å²) in [4.78, 5) is 14.3. The summed E-state index contributed by atoms with van der Waals surface area (Å²) in [6.07, 6.45) is 0.215. The molecule has 1 aromatic carbocycles. The Labute approximate surface area is 118 Å². The number of nitriles is 1. The molecule has 20 heavy (non-hydrogen) atoms. The molecule has 1 amide bonds. The van der Waals surface area contributed by atoms with E-state index in [4.69, 9.17) is 10.00 Å². The minimum atomic E-state index is -0.497. The maximum Gasteiger partial charge on any atom is 0.240 e. The van der Waals surface area contributed by atoms with Crippen LogP contribution in [0.15, 0.2) is 24.3 Å². The van der Waals surface area contributed by atoms with E-state index in [1.807, 2.05) is 12.1 Å². The van der Waals surface area contributed by atoms with E-state index in [2.05, 4.69) is 23.5 Å². The summed E-state index contributed by atoms with van der Waals surface area (Å²) in [6.45, 7) is 2.10. The molecule has 0 bridgehead atoms. The van der Waals surface area contributed by atoms with Gasteiger partial charge in [-0.3, -0.25) is 4.79 Å². The fraction of sp³-hybridized carbons (Fsp3) is 0.467. The Morgan fingerprint density at radius 3 is 3.00 bits per heavy atom. The molecule has 1 N–H and O–H groups in total. The summed E-state index contributed by atoms with van der Waals surface area (Å²) in [5.41, 5.74) is 2.49. The van der Waals surface area contributed by atoms with E-state index in [-0.39, 0.29) is 11.9 Å². The molecule has 2 aliphatic rings. The van der Waals surface area contributed by atoms with Crippen LogP contribution in [0.3, 0.4) is 0 Å². The molecule has 3 rings (SSSR count). The lowest BCUT2D eigenvalue weighted by Gasteiger charge is -2.34. The summed E-state index contributed by atoms with van der Waals surface area (Å²) in [6, 6.07) is 10.1. The third-order valence-corrected chi connectivity index (χ3v) is 3.90. The first-order valence-corrected chi connectivity index (χ1v) is 6.88. The second-order valence-electron chi connectivity index (χ2n) is 5.18. The predicted molar refractivity (Wildman–Crippen MR) is 72.7 cm³/mol. The number of hydrogen-bond acceptors (Lipinski definition) is 4. The van der Waals surface area contributed by atoms with E-state index in [1.165, 1.54) is 11.1 Å². The van der Waals surface area contributed by atoms with Crippen molar-refractivity contribution in [3.05, 3.63) is 35.4 Å². The highest BCUT2D eigenvalue weighted by Crippen LogP contribution is 2.18. The highest BCUT2D eigenvalue weighted by atomic mass is 16.5. The first-order valence-electron chi connectivity index (χ1n) is 6.88. The summed E-state index contributed by atoms with van der Waals surface area (Å²) in [7, 11) is 0. The van der Waals surface area contributed by atoms with E-state index in [0.717, 1.165) is 6.54 Å². The first-order chi connectivity index (χ1) is 9.78. The van der Waals surface area contributed by atoms with Gasteiger partial charge in [0.15, 0.2) is 6.10 Å². The van der Waals surface area contributed by atoms with Crippen LogP contribution in [0.25, 0.3) is 0 Å². The van der Waals surface area contributed by atoms with Gasteiger partial charge in [-0.15, -0.1) is 0 Å². The van der Waals surface area contributed by atoms with Crippen molar-refractivity contribution in [1.82, 2.24) is 10.2 Å². The Morgan fingerprint density at radius 2 is 2.20 bits per heavy atom. The summed E-state index contributed by atoms with van der Waals surface area (Å²) < 4.78 is 5.28. The third-order valence-electron chi connectivity index (χ3n) is 3.90. The second kappa shape index (κ2) is 5.61. The highest BCUT2D eigenvalue weighted by Gasteiger charge is 2.31. The van der Waals surface area contributed by atoms with Crippen molar-refractivity contribution in [1.29, 1.82) is 5.26 Å². The molecular formula is C15H17N3O2. The Kier molecular flexibility index (Phi) is 3.68. The molecule has 1 fully saturated rings. The van der Waals surface area contributed by atoms with E-state index in [1.54, 1.807) is 4.90 Å². The van der Waals surface area contributed by atoms with Crippen LogP contribution in [-0.2, 0) is 22.5 Å². The monoisotopic (exact) mass is 271 g/mol. The Hall–Kier alpha value is -1.90. The molecule has 0 aliphatic carbocycles. The number of nitrogens with one attached hydrogen (secondary N) is 1. The molecule has 0 aromatic heterocycles. The van der Waals surface area contributed by atoms with Crippen LogP contribution >= 0.6 is 0 Å². The molecular weight excluding hydrogens is 254 g/mol. The van der Waals surface area contributed by atoms with Gasteiger partial charge < -0.3 is 15.0 Å². The van der Waals surface area contributed by atoms with E-state index in [9.17, 15) is 4.79 Å². The number of benzene rings is 1. The molecule has 1 aromatic rings. The number of nitrogens with zero attached hydrogens (tertiary/aromatic N) is 2. The number of hydrogen-bond donors (Lipinski definition) is 1. The standard InChI is InChI=1S/C15H17N3O2/c16-8-13-10-18(5-6-20-13)15(19)14-7-11-3-1-2-4-12(11)9-17-14/h1-4,13-14,17H,5-7,9-10H2/t13?,14-/m0/s1. The molecule has 2 atom stereocenters. The number of carbonyl (C=O) groups excluding carboxylic acids is 1. The summed E-state index contributed by atoms with van der Waals surface area (Å²) in [5.74, 6) is 0.0723. The van der Waals surface area contributed by atoms with Gasteiger partial charge in [-0.1, -0.05) is 24.3 Å². The van der Waals surface area contributed by atoms with E-state index < -0.39 is 6.10 Å². The van der Waals surface area contributed by atoms with Crippen LogP contribution in [0.5, 0.6) is 0 Å². The topological polar surface area (TPSA) is 65.4 Å². The lowest BCUT2D eigenvalue weighted by molar-refractivity contribution is -0.139. The smallest absolute Gasteiger partial charge is 0.240 e. The van der Waals surface area contributed by atoms with Gasteiger partial charge in [0.2, 0.25) is 5.91 Å². The number of ether oxygens (including phenoxy) is 1. The second-order valence-corrected chi connectivity index (χ2v) is 5.18. The van der Waals surface area contributed by atoms with Crippen LogP contribution < -0.4 is 5.32 Å². The molecule has 1 saturated heterocycles. The maximum atomic E-state index is 12.5. The Morgan fingerprint density at radius 1 is 1.40 bits per heavy atom. The highest BCUT2D eigenvalue weighted by molar-refractivity contribution is 5.82. The first kappa shape index (κ1) is 13.1. The quantitative estimate of drug-likeness (QED) is 0.805. The largest absolute Gasteiger partial charge is 0.360 e. The van der Waals surface area contributed by atoms with Gasteiger partial charge in [0.1, 0.15) is 0 Å². The number of fused-ring (bicyclic) bond motifs is 1. The van der Waals surface area contributed by atoms with Crippen LogP contribution in [0, 0.1) is 11.3 Å². The van der Waals surface area contributed by atoms with Crippen LogP contribution in [-0.4, -0.2) is 42.6 Å². The normalized spacial score (nSPS) is 25.6. The molecule has 0 spiro atoms. The molecule has 5 nitrogen and oxygen atoms in total. The van der Waals surface area contributed by atoms with Gasteiger partial charge in [-0.05, 0) is 17.5 Å². The lowest BCUT2D eigenvalue weighted by Crippen LogP contribution is -2.54. The third kappa shape index (κ3) is 2.53. The van der Waals surface area contributed by atoms with E-state index in [0.29, 0.717) is 26.1 Å². The van der Waals surface area contributed by atoms with E-state index >= 15 is 0 Å². The minimum absolute atomic E-state index is 0.0723. The van der Waals surface area contributed by atoms with Crippen LogP contribution in [0.2, 0.25) is 0 Å². The maximum absolute atomic E-state index is 12.5. The van der Waals surface area contributed by atoms with Crippen molar-refractivity contribution in [3.8, 4) is 6.07 Å². The van der Waals surface area contributed by atoms with Crippen LogP contribution in [0.4, 0.5) is 0 Å². The molecule has 5 heteroatoms. The molecule has 2 heterocycles. The van der Waals surface area contributed by atoms with Gasteiger partial charge in [-0.25, -0.2) is 0 Å². The van der Waals surface area contributed by atoms with Crippen molar-refractivity contribution in [2.45, 2.75) is 25.1 Å². The zero-order valence-electron chi connectivity index (χ0n) is 11.2. The average molecular weight is 271 g/mol. The minimum Gasteiger partial charge on any atom is -0.360 e. The molecule has 2 aliphatic heterocycles. The van der Waals surface area contributed by atoms with Crippen molar-refractivity contribution in [2.24, 2.45) is 0 Å². The SMILES string of the molecule is N#CC1CN(C(=O)[C@@H]2Cc3ccccc3CN2)CCO1. The molecule has 104 valence electrons. The van der Waals surface area contributed by atoms with Gasteiger partial charge in [0, 0.05) is 13.1 Å².